The molecule has 0 spiro atoms. The molecule has 1 aliphatic heterocycles. The maximum Gasteiger partial charge on any atom is 0.494 e. The maximum atomic E-state index is 14.1. The number of halogens is 1. The monoisotopic (exact) mass is 357 g/mol. The van der Waals surface area contributed by atoms with Gasteiger partial charge in [-0.15, -0.1) is 0 Å². The van der Waals surface area contributed by atoms with Crippen LogP contribution in [0.1, 0.15) is 27.7 Å². The van der Waals surface area contributed by atoms with Crippen LogP contribution in [0.5, 0.6) is 5.75 Å². The number of hydrogen-bond acceptors (Lipinski definition) is 4. The largest absolute Gasteiger partial charge is 0.494 e. The van der Waals surface area contributed by atoms with E-state index in [9.17, 15) is 9.18 Å². The molecule has 0 unspecified atom stereocenters. The molecule has 1 amide bonds. The third kappa shape index (κ3) is 3.74. The van der Waals surface area contributed by atoms with Gasteiger partial charge in [0, 0.05) is 0 Å². The van der Waals surface area contributed by atoms with Gasteiger partial charge in [0.1, 0.15) is 11.6 Å². The molecule has 26 heavy (non-hydrogen) atoms. The van der Waals surface area contributed by atoms with Crippen LogP contribution < -0.4 is 15.5 Å². The standard InChI is InChI=1S/C19H21BFNO4/c1-18(2)19(3,4)26-20(25-18)13-10-11-15(21)16(12-13)22-17(23)24-14-8-6-5-7-9-14/h5-12H,1-4H3,(H,22,23). The molecule has 0 radical (unpaired) electrons. The number of ether oxygens (including phenoxy) is 1. The van der Waals surface area contributed by atoms with Gasteiger partial charge in [0.25, 0.3) is 0 Å². The van der Waals surface area contributed by atoms with Gasteiger partial charge in [0.2, 0.25) is 0 Å². The van der Waals surface area contributed by atoms with Crippen molar-refractivity contribution in [3.05, 3.63) is 54.3 Å². The highest BCUT2D eigenvalue weighted by Crippen LogP contribution is 2.36. The minimum absolute atomic E-state index is 0.00172. The number of rotatable bonds is 3. The summed E-state index contributed by atoms with van der Waals surface area (Å²) in [5.74, 6) is -0.206. The summed E-state index contributed by atoms with van der Waals surface area (Å²) in [6, 6.07) is 12.9. The lowest BCUT2D eigenvalue weighted by Crippen LogP contribution is -2.41. The first-order valence-electron chi connectivity index (χ1n) is 8.37. The molecule has 0 saturated carbocycles. The fourth-order valence-electron chi connectivity index (χ4n) is 2.50. The normalized spacial score (nSPS) is 17.8. The summed E-state index contributed by atoms with van der Waals surface area (Å²) in [4.78, 5) is 12.0. The van der Waals surface area contributed by atoms with Crippen molar-refractivity contribution in [2.75, 3.05) is 5.32 Å². The lowest BCUT2D eigenvalue weighted by Gasteiger charge is -2.32. The van der Waals surface area contributed by atoms with Crippen LogP contribution in [-0.4, -0.2) is 24.4 Å². The van der Waals surface area contributed by atoms with Crippen LogP contribution in [-0.2, 0) is 9.31 Å². The van der Waals surface area contributed by atoms with Crippen molar-refractivity contribution in [3.8, 4) is 5.75 Å². The highest BCUT2D eigenvalue weighted by molar-refractivity contribution is 6.62. The molecule has 0 atom stereocenters. The van der Waals surface area contributed by atoms with Crippen molar-refractivity contribution in [2.24, 2.45) is 0 Å². The summed E-state index contributed by atoms with van der Waals surface area (Å²) in [7, 11) is -0.647. The van der Waals surface area contributed by atoms with Gasteiger partial charge >= 0.3 is 13.2 Å². The molecule has 7 heteroatoms. The summed E-state index contributed by atoms with van der Waals surface area (Å²) < 4.78 is 31.1. The number of carbonyl (C=O) groups excluding carboxylic acids is 1. The van der Waals surface area contributed by atoms with Crippen molar-refractivity contribution in [1.82, 2.24) is 0 Å². The van der Waals surface area contributed by atoms with E-state index in [1.807, 2.05) is 27.7 Å². The minimum atomic E-state index is -0.777. The van der Waals surface area contributed by atoms with Gasteiger partial charge in [0.05, 0.1) is 16.9 Å². The Labute approximate surface area is 152 Å². The third-order valence-electron chi connectivity index (χ3n) is 4.71. The van der Waals surface area contributed by atoms with Crippen molar-refractivity contribution in [1.29, 1.82) is 0 Å². The van der Waals surface area contributed by atoms with Crippen LogP contribution in [0.2, 0.25) is 0 Å². The molecular weight excluding hydrogens is 336 g/mol. The Morgan fingerprint density at radius 1 is 1.04 bits per heavy atom. The summed E-state index contributed by atoms with van der Waals surface area (Å²) in [6.07, 6.45) is -0.777. The molecule has 1 saturated heterocycles. The highest BCUT2D eigenvalue weighted by Gasteiger charge is 2.51. The van der Waals surface area contributed by atoms with Crippen LogP contribution in [0.3, 0.4) is 0 Å². The smallest absolute Gasteiger partial charge is 0.410 e. The zero-order valence-electron chi connectivity index (χ0n) is 15.2. The van der Waals surface area contributed by atoms with E-state index in [2.05, 4.69) is 5.32 Å². The molecule has 0 aromatic heterocycles. The van der Waals surface area contributed by atoms with Crippen LogP contribution >= 0.6 is 0 Å². The van der Waals surface area contributed by atoms with E-state index in [0.29, 0.717) is 11.2 Å². The average molecular weight is 357 g/mol. The zero-order chi connectivity index (χ0) is 18.9. The predicted octanol–water partition coefficient (Wildman–Crippen LogP) is 3.74. The number of nitrogens with one attached hydrogen (secondary N) is 1. The molecule has 2 aromatic rings. The molecule has 0 bridgehead atoms. The van der Waals surface area contributed by atoms with Crippen LogP contribution in [0, 0.1) is 5.82 Å². The van der Waals surface area contributed by atoms with Crippen molar-refractivity contribution in [3.63, 3.8) is 0 Å². The summed E-state index contributed by atoms with van der Waals surface area (Å²) >= 11 is 0. The van der Waals surface area contributed by atoms with Crippen molar-refractivity contribution < 1.29 is 23.2 Å². The Kier molecular flexibility index (Phi) is 4.77. The van der Waals surface area contributed by atoms with E-state index in [0.717, 1.165) is 0 Å². The lowest BCUT2D eigenvalue weighted by atomic mass is 9.79. The molecule has 136 valence electrons. The topological polar surface area (TPSA) is 56.8 Å². The fraction of sp³-hybridized carbons (Fsp3) is 0.316. The van der Waals surface area contributed by atoms with Crippen molar-refractivity contribution in [2.45, 2.75) is 38.9 Å². The summed E-state index contributed by atoms with van der Waals surface area (Å²) in [5, 5.41) is 2.42. The molecule has 5 nitrogen and oxygen atoms in total. The Balaban J connectivity index is 1.75. The van der Waals surface area contributed by atoms with E-state index in [4.69, 9.17) is 14.0 Å². The molecule has 2 aromatic carbocycles. The van der Waals surface area contributed by atoms with Crippen LogP contribution in [0.15, 0.2) is 48.5 Å². The molecule has 3 rings (SSSR count). The van der Waals surface area contributed by atoms with Crippen LogP contribution in [0.4, 0.5) is 14.9 Å². The predicted molar refractivity (Wildman–Crippen MR) is 98.2 cm³/mol. The van der Waals surface area contributed by atoms with Gasteiger partial charge in [-0.05, 0) is 57.4 Å². The SMILES string of the molecule is CC1(C)OB(c2ccc(F)c(NC(=O)Oc3ccccc3)c2)OC1(C)C. The summed E-state index contributed by atoms with van der Waals surface area (Å²) in [5.41, 5.74) is -0.407. The number of hydrogen-bond donors (Lipinski definition) is 1. The average Bonchev–Trinajstić information content (AvgIpc) is 2.78. The molecule has 1 N–H and O–H groups in total. The number of para-hydroxylation sites is 1. The van der Waals surface area contributed by atoms with Crippen LogP contribution in [0.25, 0.3) is 0 Å². The van der Waals surface area contributed by atoms with Crippen molar-refractivity contribution >= 4 is 24.4 Å². The van der Waals surface area contributed by atoms with E-state index in [-0.39, 0.29) is 5.69 Å². The quantitative estimate of drug-likeness (QED) is 0.851. The van der Waals surface area contributed by atoms with E-state index in [1.165, 1.54) is 12.1 Å². The molecule has 1 heterocycles. The first-order chi connectivity index (χ1) is 12.2. The molecular formula is C19H21BFNO4. The second kappa shape index (κ2) is 6.74. The Morgan fingerprint density at radius 2 is 1.65 bits per heavy atom. The number of amides is 1. The van der Waals surface area contributed by atoms with Gasteiger partial charge in [-0.2, -0.15) is 0 Å². The number of carbonyl (C=O) groups is 1. The summed E-state index contributed by atoms with van der Waals surface area (Å²) in [6.45, 7) is 7.75. The number of benzene rings is 2. The second-order valence-electron chi connectivity index (χ2n) is 7.16. The first kappa shape index (κ1) is 18.4. The Hall–Kier alpha value is -2.38. The fourth-order valence-corrected chi connectivity index (χ4v) is 2.50. The zero-order valence-corrected chi connectivity index (χ0v) is 15.2. The molecule has 1 aliphatic rings. The van der Waals surface area contributed by atoms with E-state index >= 15 is 0 Å². The number of anilines is 1. The van der Waals surface area contributed by atoms with E-state index < -0.39 is 30.2 Å². The van der Waals surface area contributed by atoms with Gasteiger partial charge in [-0.3, -0.25) is 5.32 Å². The molecule has 1 fully saturated rings. The minimum Gasteiger partial charge on any atom is -0.410 e. The lowest BCUT2D eigenvalue weighted by molar-refractivity contribution is 0.00578. The first-order valence-corrected chi connectivity index (χ1v) is 8.37. The molecule has 0 aliphatic carbocycles. The Bertz CT molecular complexity index is 794. The maximum absolute atomic E-state index is 14.1. The second-order valence-corrected chi connectivity index (χ2v) is 7.16. The van der Waals surface area contributed by atoms with Gasteiger partial charge in [0.15, 0.2) is 0 Å². The third-order valence-corrected chi connectivity index (χ3v) is 4.71. The van der Waals surface area contributed by atoms with Gasteiger partial charge in [-0.1, -0.05) is 24.3 Å². The van der Waals surface area contributed by atoms with Gasteiger partial charge in [-0.25, -0.2) is 9.18 Å². The van der Waals surface area contributed by atoms with E-state index in [1.54, 1.807) is 36.4 Å². The highest BCUT2D eigenvalue weighted by atomic mass is 19.1. The Morgan fingerprint density at radius 3 is 2.27 bits per heavy atom. The van der Waals surface area contributed by atoms with Gasteiger partial charge < -0.3 is 14.0 Å².